The van der Waals surface area contributed by atoms with E-state index in [0.717, 1.165) is 27.9 Å². The number of H-pyrrole nitrogens is 1. The minimum atomic E-state index is -0.587. The van der Waals surface area contributed by atoms with Crippen molar-refractivity contribution >= 4 is 16.8 Å². The van der Waals surface area contributed by atoms with E-state index in [4.69, 9.17) is 4.42 Å². The minimum absolute atomic E-state index is 0.0648. The van der Waals surface area contributed by atoms with Gasteiger partial charge in [0.1, 0.15) is 5.76 Å². The molecule has 4 nitrogen and oxygen atoms in total. The molecule has 2 aromatic heterocycles. The first kappa shape index (κ1) is 19.1. The molecule has 1 amide bonds. The van der Waals surface area contributed by atoms with Crippen molar-refractivity contribution in [2.24, 2.45) is 11.3 Å². The Morgan fingerprint density at radius 2 is 2.00 bits per heavy atom. The highest BCUT2D eigenvalue weighted by Gasteiger charge is 2.53. The van der Waals surface area contributed by atoms with Crippen LogP contribution < -0.4 is 0 Å². The Kier molecular flexibility index (Phi) is 4.15. The third-order valence-electron chi connectivity index (χ3n) is 8.11. The van der Waals surface area contributed by atoms with Gasteiger partial charge in [-0.25, -0.2) is 0 Å². The van der Waals surface area contributed by atoms with E-state index in [1.807, 2.05) is 24.4 Å². The molecule has 2 saturated carbocycles. The number of amides is 1. The van der Waals surface area contributed by atoms with Gasteiger partial charge in [-0.1, -0.05) is 26.0 Å². The van der Waals surface area contributed by atoms with E-state index in [2.05, 4.69) is 23.7 Å². The van der Waals surface area contributed by atoms with E-state index in [0.29, 0.717) is 35.6 Å². The zero-order chi connectivity index (χ0) is 21.3. The number of benzene rings is 1. The Hall–Kier alpha value is -2.56. The molecule has 4 heterocycles. The lowest BCUT2D eigenvalue weighted by atomic mass is 9.56. The van der Waals surface area contributed by atoms with E-state index in [1.165, 1.54) is 38.2 Å². The molecule has 1 N–H and O–H groups in total. The number of hydrogen-bond acceptors (Lipinski definition) is 2. The first-order valence-electron chi connectivity index (χ1n) is 11.6. The molecule has 7 rings (SSSR count). The largest absolute Gasteiger partial charge is 0.431 e. The molecule has 1 aromatic carbocycles. The quantitative estimate of drug-likeness (QED) is 0.543. The smallest absolute Gasteiger partial charge is 0.278 e. The fraction of sp³-hybridized carbons (Fsp3) is 0.500. The lowest BCUT2D eigenvalue weighted by Gasteiger charge is -2.61. The van der Waals surface area contributed by atoms with E-state index in [-0.39, 0.29) is 5.92 Å². The van der Waals surface area contributed by atoms with Crippen LogP contribution in [0.15, 0.2) is 40.9 Å². The standard InChI is InChI=1S/C26H29FN2O2/c1-15(8-24(30)29-17-9-16-10-18(29)13-26(2,11-16)12-17)20-14-28-21-5-3-4-19(25(20)21)22-6-7-23(27)31-22/h3-7,14-18,28H,8-13H2,1-2H3. The number of nitrogens with zero attached hydrogens (tertiary/aromatic N) is 1. The minimum Gasteiger partial charge on any atom is -0.431 e. The molecule has 4 fully saturated rings. The highest BCUT2D eigenvalue weighted by Crippen LogP contribution is 2.56. The van der Waals surface area contributed by atoms with Crippen LogP contribution in [0.25, 0.3) is 22.2 Å². The van der Waals surface area contributed by atoms with Gasteiger partial charge in [0.15, 0.2) is 0 Å². The third kappa shape index (κ3) is 3.04. The lowest BCUT2D eigenvalue weighted by molar-refractivity contribution is -0.156. The highest BCUT2D eigenvalue weighted by molar-refractivity contribution is 5.97. The summed E-state index contributed by atoms with van der Waals surface area (Å²) in [5, 5.41) is 1.02. The van der Waals surface area contributed by atoms with Gasteiger partial charge >= 0.3 is 0 Å². The average Bonchev–Trinajstić information content (AvgIpc) is 3.32. The SMILES string of the molecule is CC(CC(=O)N1C2CC3CC1CC(C)(C3)C2)c1c[nH]c2cccc(-c3ccc(F)o3)c12. The van der Waals surface area contributed by atoms with Gasteiger partial charge in [0.2, 0.25) is 5.91 Å². The van der Waals surface area contributed by atoms with Gasteiger partial charge in [-0.3, -0.25) is 4.79 Å². The second-order valence-corrected chi connectivity index (χ2v) is 10.6. The van der Waals surface area contributed by atoms with Crippen LogP contribution in [0.1, 0.15) is 63.9 Å². The molecule has 3 unspecified atom stereocenters. The van der Waals surface area contributed by atoms with Crippen LogP contribution in [-0.2, 0) is 4.79 Å². The van der Waals surface area contributed by atoms with E-state index in [1.54, 1.807) is 6.07 Å². The molecule has 2 saturated heterocycles. The normalized spacial score (nSPS) is 30.3. The number of aromatic nitrogens is 1. The molecular formula is C26H29FN2O2. The van der Waals surface area contributed by atoms with Gasteiger partial charge in [0.05, 0.1) is 0 Å². The topological polar surface area (TPSA) is 49.2 Å². The van der Waals surface area contributed by atoms with Crippen molar-refractivity contribution in [1.29, 1.82) is 0 Å². The predicted octanol–water partition coefficient (Wildman–Crippen LogP) is 6.24. The third-order valence-corrected chi connectivity index (χ3v) is 8.11. The number of fused-ring (bicyclic) bond motifs is 1. The molecular weight excluding hydrogens is 391 g/mol. The Morgan fingerprint density at radius 1 is 1.23 bits per heavy atom. The average molecular weight is 421 g/mol. The Morgan fingerprint density at radius 3 is 2.68 bits per heavy atom. The van der Waals surface area contributed by atoms with Crippen LogP contribution in [0, 0.1) is 17.3 Å². The fourth-order valence-corrected chi connectivity index (χ4v) is 7.15. The summed E-state index contributed by atoms with van der Waals surface area (Å²) in [6.07, 6.45) is 8.56. The molecule has 0 radical (unpaired) electrons. The van der Waals surface area contributed by atoms with Crippen molar-refractivity contribution in [1.82, 2.24) is 9.88 Å². The van der Waals surface area contributed by atoms with Crippen molar-refractivity contribution in [2.45, 2.75) is 70.4 Å². The van der Waals surface area contributed by atoms with E-state index < -0.39 is 6.01 Å². The number of nitrogens with one attached hydrogen (secondary N) is 1. The van der Waals surface area contributed by atoms with Crippen LogP contribution >= 0.6 is 0 Å². The van der Waals surface area contributed by atoms with Crippen LogP contribution in [0.5, 0.6) is 0 Å². The number of aromatic amines is 1. The molecule has 0 spiro atoms. The van der Waals surface area contributed by atoms with E-state index >= 15 is 0 Å². The molecule has 4 bridgehead atoms. The first-order valence-corrected chi connectivity index (χ1v) is 11.6. The second-order valence-electron chi connectivity index (χ2n) is 10.6. The molecule has 3 aromatic rings. The molecule has 3 atom stereocenters. The van der Waals surface area contributed by atoms with Crippen molar-refractivity contribution in [3.8, 4) is 11.3 Å². The molecule has 4 aliphatic rings. The Labute approximate surface area is 181 Å². The maximum absolute atomic E-state index is 13.5. The number of rotatable bonds is 4. The van der Waals surface area contributed by atoms with E-state index in [9.17, 15) is 9.18 Å². The second kappa shape index (κ2) is 6.72. The maximum atomic E-state index is 13.5. The summed E-state index contributed by atoms with van der Waals surface area (Å²) in [5.41, 5.74) is 3.38. The number of carbonyl (C=O) groups is 1. The Bertz CT molecular complexity index is 1150. The summed E-state index contributed by atoms with van der Waals surface area (Å²) in [7, 11) is 0. The fourth-order valence-electron chi connectivity index (χ4n) is 7.15. The number of hydrogen-bond donors (Lipinski definition) is 1. The van der Waals surface area contributed by atoms with Crippen LogP contribution in [0.2, 0.25) is 0 Å². The first-order chi connectivity index (χ1) is 14.9. The number of piperidine rings is 2. The highest BCUT2D eigenvalue weighted by atomic mass is 19.1. The summed E-state index contributed by atoms with van der Waals surface area (Å²) in [4.78, 5) is 19.1. The maximum Gasteiger partial charge on any atom is 0.278 e. The van der Waals surface area contributed by atoms with Gasteiger partial charge in [-0.05, 0) is 67.1 Å². The summed E-state index contributed by atoms with van der Waals surface area (Å²) in [6, 6.07) is 9.18. The zero-order valence-corrected chi connectivity index (χ0v) is 18.2. The van der Waals surface area contributed by atoms with Gasteiger partial charge in [-0.2, -0.15) is 4.39 Å². The molecule has 2 aliphatic heterocycles. The van der Waals surface area contributed by atoms with Crippen LogP contribution in [-0.4, -0.2) is 27.9 Å². The van der Waals surface area contributed by atoms with Crippen molar-refractivity contribution in [3.05, 3.63) is 48.1 Å². The number of carbonyl (C=O) groups excluding carboxylic acids is 1. The predicted molar refractivity (Wildman–Crippen MR) is 118 cm³/mol. The molecule has 31 heavy (non-hydrogen) atoms. The summed E-state index contributed by atoms with van der Waals surface area (Å²) in [6.45, 7) is 4.55. The molecule has 5 heteroatoms. The zero-order valence-electron chi connectivity index (χ0n) is 18.2. The van der Waals surface area contributed by atoms with Gasteiger partial charge < -0.3 is 14.3 Å². The van der Waals surface area contributed by atoms with Crippen molar-refractivity contribution in [2.75, 3.05) is 0 Å². The van der Waals surface area contributed by atoms with Crippen LogP contribution in [0.4, 0.5) is 4.39 Å². The van der Waals surface area contributed by atoms with Gasteiger partial charge in [0, 0.05) is 47.2 Å². The summed E-state index contributed by atoms with van der Waals surface area (Å²) < 4.78 is 18.8. The van der Waals surface area contributed by atoms with Crippen molar-refractivity contribution in [3.63, 3.8) is 0 Å². The number of halogens is 1. The monoisotopic (exact) mass is 420 g/mol. The Balaban J connectivity index is 1.28. The van der Waals surface area contributed by atoms with Gasteiger partial charge in [0.25, 0.3) is 6.01 Å². The molecule has 162 valence electrons. The van der Waals surface area contributed by atoms with Gasteiger partial charge in [-0.15, -0.1) is 0 Å². The summed E-state index contributed by atoms with van der Waals surface area (Å²) in [5.74, 6) is 1.69. The lowest BCUT2D eigenvalue weighted by Crippen LogP contribution is -2.62. The molecule has 2 aliphatic carbocycles. The van der Waals surface area contributed by atoms with Crippen LogP contribution in [0.3, 0.4) is 0 Å². The summed E-state index contributed by atoms with van der Waals surface area (Å²) >= 11 is 0. The number of furan rings is 1. The van der Waals surface area contributed by atoms with Crippen molar-refractivity contribution < 1.29 is 13.6 Å².